The van der Waals surface area contributed by atoms with Crippen molar-refractivity contribution in [3.8, 4) is 0 Å². The Labute approximate surface area is 86.0 Å². The summed E-state index contributed by atoms with van der Waals surface area (Å²) in [4.78, 5) is 20.5. The molecular weight excluding hydrogens is 182 g/mol. The number of amides is 1. The minimum absolute atomic E-state index is 0.00505. The summed E-state index contributed by atoms with van der Waals surface area (Å²) in [5.74, 6) is 0. The molecule has 0 aromatic rings. The van der Waals surface area contributed by atoms with Crippen molar-refractivity contribution >= 4 is 12.4 Å². The molecule has 1 amide bonds. The normalized spacial score (nSPS) is 9.50. The summed E-state index contributed by atoms with van der Waals surface area (Å²) in [7, 11) is 0. The lowest BCUT2D eigenvalue weighted by molar-refractivity contribution is -0.107. The molecule has 4 nitrogen and oxygen atoms in total. The van der Waals surface area contributed by atoms with Gasteiger partial charge in [-0.25, -0.2) is 4.79 Å². The molecule has 0 bridgehead atoms. The molecule has 0 unspecified atom stereocenters. The fourth-order valence-corrected chi connectivity index (χ4v) is 0.439. The highest BCUT2D eigenvalue weighted by Gasteiger charge is 2.14. The maximum absolute atomic E-state index is 10.7. The molecule has 1 N–H and O–H groups in total. The van der Waals surface area contributed by atoms with E-state index >= 15 is 0 Å². The standard InChI is InChI=1S/C7H13NO3.C3H8/c1-7(2,3)11-6(10)8-4-5-9;1-3-2/h5H,4H2,1-3H3,(H,8,10);3H2,1-2H3. The van der Waals surface area contributed by atoms with Crippen LogP contribution in [0.5, 0.6) is 0 Å². The molecule has 0 saturated carbocycles. The van der Waals surface area contributed by atoms with E-state index in [0.29, 0.717) is 6.29 Å². The number of alkyl carbamates (subject to hydrolysis) is 1. The molecule has 0 aliphatic rings. The maximum atomic E-state index is 10.7. The largest absolute Gasteiger partial charge is 0.444 e. The van der Waals surface area contributed by atoms with Crippen molar-refractivity contribution in [1.29, 1.82) is 0 Å². The number of carbonyl (C=O) groups excluding carboxylic acids is 2. The lowest BCUT2D eigenvalue weighted by atomic mass is 10.2. The number of hydrogen-bond donors (Lipinski definition) is 1. The molecule has 0 atom stereocenters. The van der Waals surface area contributed by atoms with Crippen molar-refractivity contribution in [3.05, 3.63) is 0 Å². The van der Waals surface area contributed by atoms with Crippen LogP contribution in [0.1, 0.15) is 41.0 Å². The number of aldehydes is 1. The summed E-state index contributed by atoms with van der Waals surface area (Å²) in [6.07, 6.45) is 1.29. The van der Waals surface area contributed by atoms with Crippen molar-refractivity contribution in [3.63, 3.8) is 0 Å². The van der Waals surface area contributed by atoms with Gasteiger partial charge in [0.15, 0.2) is 0 Å². The first-order chi connectivity index (χ1) is 6.37. The molecule has 0 radical (unpaired) electrons. The quantitative estimate of drug-likeness (QED) is 0.699. The Morgan fingerprint density at radius 2 is 1.79 bits per heavy atom. The van der Waals surface area contributed by atoms with Crippen LogP contribution in [0.25, 0.3) is 0 Å². The van der Waals surface area contributed by atoms with Crippen molar-refractivity contribution in [2.75, 3.05) is 6.54 Å². The van der Waals surface area contributed by atoms with E-state index in [1.54, 1.807) is 20.8 Å². The van der Waals surface area contributed by atoms with Crippen LogP contribution < -0.4 is 5.32 Å². The Hall–Kier alpha value is -1.06. The molecule has 0 aromatic carbocycles. The molecule has 0 fully saturated rings. The first-order valence-electron chi connectivity index (χ1n) is 4.77. The van der Waals surface area contributed by atoms with Crippen LogP contribution in [0.2, 0.25) is 0 Å². The van der Waals surface area contributed by atoms with Gasteiger partial charge >= 0.3 is 6.09 Å². The number of rotatable bonds is 2. The molecule has 0 aliphatic heterocycles. The molecular formula is C10H21NO3. The van der Waals surface area contributed by atoms with Gasteiger partial charge in [0.25, 0.3) is 0 Å². The van der Waals surface area contributed by atoms with Crippen LogP contribution >= 0.6 is 0 Å². The summed E-state index contributed by atoms with van der Waals surface area (Å²) >= 11 is 0. The average molecular weight is 203 g/mol. The zero-order valence-electron chi connectivity index (χ0n) is 9.72. The van der Waals surface area contributed by atoms with Gasteiger partial charge in [0, 0.05) is 0 Å². The second-order valence-electron chi connectivity index (χ2n) is 3.76. The van der Waals surface area contributed by atoms with Crippen molar-refractivity contribution in [1.82, 2.24) is 5.32 Å². The van der Waals surface area contributed by atoms with E-state index in [2.05, 4.69) is 19.2 Å². The van der Waals surface area contributed by atoms with Crippen molar-refractivity contribution < 1.29 is 14.3 Å². The molecule has 0 heterocycles. The number of ether oxygens (including phenoxy) is 1. The Balaban J connectivity index is 0. The van der Waals surface area contributed by atoms with Gasteiger partial charge in [0.2, 0.25) is 0 Å². The van der Waals surface area contributed by atoms with E-state index < -0.39 is 11.7 Å². The zero-order chi connectivity index (χ0) is 11.6. The van der Waals surface area contributed by atoms with E-state index in [0.717, 1.165) is 0 Å². The summed E-state index contributed by atoms with van der Waals surface area (Å²) < 4.78 is 4.83. The van der Waals surface area contributed by atoms with E-state index in [4.69, 9.17) is 4.74 Å². The predicted octanol–water partition coefficient (Wildman–Crippen LogP) is 2.13. The summed E-state index contributed by atoms with van der Waals surface area (Å²) in [5.41, 5.74) is -0.507. The Morgan fingerprint density at radius 3 is 2.07 bits per heavy atom. The van der Waals surface area contributed by atoms with Crippen LogP contribution in [0, 0.1) is 0 Å². The third-order valence-electron chi connectivity index (χ3n) is 0.729. The number of hydrogen-bond acceptors (Lipinski definition) is 3. The minimum Gasteiger partial charge on any atom is -0.444 e. The second kappa shape index (κ2) is 8.53. The van der Waals surface area contributed by atoms with Gasteiger partial charge in [-0.15, -0.1) is 0 Å². The Kier molecular flexibility index (Phi) is 9.40. The molecule has 0 aromatic heterocycles. The van der Waals surface area contributed by atoms with E-state index in [9.17, 15) is 9.59 Å². The van der Waals surface area contributed by atoms with Crippen molar-refractivity contribution in [2.24, 2.45) is 0 Å². The van der Waals surface area contributed by atoms with Gasteiger partial charge in [0.1, 0.15) is 11.9 Å². The summed E-state index contributed by atoms with van der Waals surface area (Å²) in [5, 5.41) is 2.26. The van der Waals surface area contributed by atoms with Crippen LogP contribution in [-0.4, -0.2) is 24.5 Å². The molecule has 4 heteroatoms. The van der Waals surface area contributed by atoms with Gasteiger partial charge in [-0.2, -0.15) is 0 Å². The second-order valence-corrected chi connectivity index (χ2v) is 3.76. The van der Waals surface area contributed by atoms with Crippen LogP contribution in [0.15, 0.2) is 0 Å². The van der Waals surface area contributed by atoms with Crippen LogP contribution in [-0.2, 0) is 9.53 Å². The number of carbonyl (C=O) groups is 2. The van der Waals surface area contributed by atoms with Crippen LogP contribution in [0.3, 0.4) is 0 Å². The molecule has 0 saturated heterocycles. The van der Waals surface area contributed by atoms with E-state index in [1.807, 2.05) is 0 Å². The lowest BCUT2D eigenvalue weighted by Crippen LogP contribution is -2.33. The SMILES string of the molecule is CC(C)(C)OC(=O)NCC=O.CCC. The van der Waals surface area contributed by atoms with Crippen LogP contribution in [0.4, 0.5) is 4.79 Å². The monoisotopic (exact) mass is 203 g/mol. The third-order valence-corrected chi connectivity index (χ3v) is 0.729. The smallest absolute Gasteiger partial charge is 0.408 e. The summed E-state index contributed by atoms with van der Waals surface area (Å²) in [6, 6.07) is 0. The number of nitrogens with one attached hydrogen (secondary N) is 1. The fourth-order valence-electron chi connectivity index (χ4n) is 0.439. The van der Waals surface area contributed by atoms with Gasteiger partial charge in [-0.3, -0.25) is 0 Å². The maximum Gasteiger partial charge on any atom is 0.408 e. The molecule has 0 rings (SSSR count). The highest BCUT2D eigenvalue weighted by Crippen LogP contribution is 2.05. The van der Waals surface area contributed by atoms with Crippen molar-refractivity contribution in [2.45, 2.75) is 46.6 Å². The third kappa shape index (κ3) is 17.1. The first-order valence-corrected chi connectivity index (χ1v) is 4.77. The minimum atomic E-state index is -0.565. The molecule has 14 heavy (non-hydrogen) atoms. The Bertz CT molecular complexity index is 161. The first kappa shape index (κ1) is 15.4. The summed E-state index contributed by atoms with van der Waals surface area (Å²) in [6.45, 7) is 9.52. The highest BCUT2D eigenvalue weighted by atomic mass is 16.6. The lowest BCUT2D eigenvalue weighted by Gasteiger charge is -2.18. The zero-order valence-corrected chi connectivity index (χ0v) is 9.72. The van der Waals surface area contributed by atoms with E-state index in [1.165, 1.54) is 6.42 Å². The van der Waals surface area contributed by atoms with E-state index in [-0.39, 0.29) is 6.54 Å². The van der Waals surface area contributed by atoms with Gasteiger partial charge in [-0.1, -0.05) is 20.3 Å². The predicted molar refractivity (Wildman–Crippen MR) is 56.3 cm³/mol. The van der Waals surface area contributed by atoms with Gasteiger partial charge in [0.05, 0.1) is 6.54 Å². The topological polar surface area (TPSA) is 55.4 Å². The van der Waals surface area contributed by atoms with Gasteiger partial charge < -0.3 is 14.8 Å². The molecule has 84 valence electrons. The Morgan fingerprint density at radius 1 is 1.36 bits per heavy atom. The van der Waals surface area contributed by atoms with Gasteiger partial charge in [-0.05, 0) is 20.8 Å². The molecule has 0 spiro atoms. The molecule has 0 aliphatic carbocycles. The highest BCUT2D eigenvalue weighted by molar-refractivity contribution is 5.71. The fraction of sp³-hybridized carbons (Fsp3) is 0.800. The average Bonchev–Trinajstić information content (AvgIpc) is 1.99.